The van der Waals surface area contributed by atoms with Gasteiger partial charge < -0.3 is 14.6 Å². The number of carbonyl (C=O) groups excluding carboxylic acids is 3. The second-order valence-corrected chi connectivity index (χ2v) is 6.75. The summed E-state index contributed by atoms with van der Waals surface area (Å²) in [5, 5.41) is 6.19. The van der Waals surface area contributed by atoms with E-state index in [-0.39, 0.29) is 29.8 Å². The molecule has 1 N–H and O–H groups in total. The van der Waals surface area contributed by atoms with Crippen molar-refractivity contribution in [1.29, 1.82) is 0 Å². The number of hydrogen-bond acceptors (Lipinski definition) is 7. The predicted octanol–water partition coefficient (Wildman–Crippen LogP) is 2.70. The molecule has 0 unspecified atom stereocenters. The molecule has 0 saturated carbocycles. The number of aromatic nitrogens is 1. The Bertz CT molecular complexity index is 816. The number of amides is 1. The number of ketones is 1. The average Bonchev–Trinajstić information content (AvgIpc) is 2.99. The van der Waals surface area contributed by atoms with Crippen LogP contribution in [-0.4, -0.2) is 40.9 Å². The van der Waals surface area contributed by atoms with Gasteiger partial charge in [-0.25, -0.2) is 0 Å². The van der Waals surface area contributed by atoms with E-state index < -0.39 is 5.97 Å². The van der Waals surface area contributed by atoms with Crippen molar-refractivity contribution in [3.63, 3.8) is 0 Å². The lowest BCUT2D eigenvalue weighted by atomic mass is 10.0. The minimum atomic E-state index is -0.543. The minimum Gasteiger partial charge on any atom is -0.457 e. The van der Waals surface area contributed by atoms with Crippen molar-refractivity contribution < 1.29 is 23.6 Å². The van der Waals surface area contributed by atoms with Gasteiger partial charge in [-0.2, -0.15) is 0 Å². The molecular formula is C18H20N2O5S. The third-order valence-electron chi connectivity index (χ3n) is 3.41. The number of thioether (sulfide) groups is 1. The number of anilines is 1. The molecule has 0 aliphatic rings. The summed E-state index contributed by atoms with van der Waals surface area (Å²) in [5.74, 6) is -0.137. The third-order valence-corrected chi connectivity index (χ3v) is 4.31. The fourth-order valence-corrected chi connectivity index (χ4v) is 2.74. The van der Waals surface area contributed by atoms with Crippen molar-refractivity contribution >= 4 is 35.2 Å². The zero-order chi connectivity index (χ0) is 19.1. The first-order valence-electron chi connectivity index (χ1n) is 7.92. The zero-order valence-electron chi connectivity index (χ0n) is 14.8. The highest BCUT2D eigenvalue weighted by Crippen LogP contribution is 2.12. The summed E-state index contributed by atoms with van der Waals surface area (Å²) in [6, 6.07) is 7.14. The first-order chi connectivity index (χ1) is 12.3. The number of nitrogens with zero attached hydrogens (tertiary/aromatic N) is 1. The molecule has 0 aliphatic heterocycles. The lowest BCUT2D eigenvalue weighted by molar-refractivity contribution is -0.139. The maximum Gasteiger partial charge on any atom is 0.316 e. The van der Waals surface area contributed by atoms with Crippen LogP contribution in [0, 0.1) is 20.8 Å². The van der Waals surface area contributed by atoms with Crippen LogP contribution in [0.1, 0.15) is 27.2 Å². The molecule has 0 radical (unpaired) electrons. The van der Waals surface area contributed by atoms with Crippen LogP contribution in [-0.2, 0) is 14.3 Å². The molecule has 26 heavy (non-hydrogen) atoms. The van der Waals surface area contributed by atoms with Crippen LogP contribution in [0.3, 0.4) is 0 Å². The molecule has 7 nitrogen and oxygen atoms in total. The van der Waals surface area contributed by atoms with E-state index in [1.54, 1.807) is 19.1 Å². The Balaban J connectivity index is 1.69. The number of ether oxygens (including phenoxy) is 1. The van der Waals surface area contributed by atoms with E-state index in [2.05, 4.69) is 10.5 Å². The number of hydrogen-bond donors (Lipinski definition) is 1. The van der Waals surface area contributed by atoms with Crippen molar-refractivity contribution in [2.75, 3.05) is 23.4 Å². The first-order valence-corrected chi connectivity index (χ1v) is 9.07. The van der Waals surface area contributed by atoms with Gasteiger partial charge in [0.15, 0.2) is 12.4 Å². The summed E-state index contributed by atoms with van der Waals surface area (Å²) in [4.78, 5) is 35.6. The molecule has 0 fully saturated rings. The van der Waals surface area contributed by atoms with Crippen LogP contribution in [0.25, 0.3) is 0 Å². The average molecular weight is 376 g/mol. The van der Waals surface area contributed by atoms with Gasteiger partial charge in [0.2, 0.25) is 11.7 Å². The lowest BCUT2D eigenvalue weighted by Crippen LogP contribution is -2.18. The molecule has 1 aromatic carbocycles. The number of carbonyl (C=O) groups is 3. The van der Waals surface area contributed by atoms with Gasteiger partial charge in [-0.05, 0) is 32.4 Å². The normalized spacial score (nSPS) is 10.4. The van der Waals surface area contributed by atoms with Crippen LogP contribution >= 0.6 is 11.8 Å². The molecule has 1 aromatic heterocycles. The van der Waals surface area contributed by atoms with Crippen LogP contribution in [0.15, 0.2) is 28.8 Å². The second-order valence-electron chi connectivity index (χ2n) is 5.77. The summed E-state index contributed by atoms with van der Waals surface area (Å²) in [5.41, 5.74) is 2.35. The molecule has 2 rings (SSSR count). The van der Waals surface area contributed by atoms with Crippen molar-refractivity contribution in [2.45, 2.75) is 20.8 Å². The molecule has 0 bridgehead atoms. The predicted molar refractivity (Wildman–Crippen MR) is 98.4 cm³/mol. The fraction of sp³-hybridized carbons (Fsp3) is 0.333. The van der Waals surface area contributed by atoms with Crippen LogP contribution in [0.4, 0.5) is 5.82 Å². The zero-order valence-corrected chi connectivity index (χ0v) is 15.6. The van der Waals surface area contributed by atoms with E-state index >= 15 is 0 Å². The van der Waals surface area contributed by atoms with Gasteiger partial charge in [-0.1, -0.05) is 22.9 Å². The quantitative estimate of drug-likeness (QED) is 0.558. The van der Waals surface area contributed by atoms with Crippen LogP contribution in [0.2, 0.25) is 0 Å². The number of benzene rings is 1. The van der Waals surface area contributed by atoms with E-state index in [1.807, 2.05) is 26.0 Å². The molecule has 0 aliphatic carbocycles. The number of esters is 1. The van der Waals surface area contributed by atoms with Crippen molar-refractivity contribution in [2.24, 2.45) is 0 Å². The second kappa shape index (κ2) is 9.19. The Labute approximate surface area is 155 Å². The number of aryl methyl sites for hydroxylation is 3. The Morgan fingerprint density at radius 1 is 1.15 bits per heavy atom. The van der Waals surface area contributed by atoms with E-state index in [0.29, 0.717) is 17.1 Å². The molecule has 0 atom stereocenters. The fourth-order valence-electron chi connectivity index (χ4n) is 2.13. The van der Waals surface area contributed by atoms with Gasteiger partial charge in [0.05, 0.1) is 11.5 Å². The number of nitrogens with one attached hydrogen (secondary N) is 1. The van der Waals surface area contributed by atoms with E-state index in [1.165, 1.54) is 0 Å². The highest BCUT2D eigenvalue weighted by Gasteiger charge is 2.13. The summed E-state index contributed by atoms with van der Waals surface area (Å²) in [6.45, 7) is 5.13. The monoisotopic (exact) mass is 376 g/mol. The molecule has 0 spiro atoms. The molecule has 8 heteroatoms. The smallest absolute Gasteiger partial charge is 0.316 e. The van der Waals surface area contributed by atoms with Gasteiger partial charge >= 0.3 is 5.97 Å². The minimum absolute atomic E-state index is 0.0225. The van der Waals surface area contributed by atoms with Gasteiger partial charge in [0, 0.05) is 11.6 Å². The molecule has 138 valence electrons. The Morgan fingerprint density at radius 3 is 2.62 bits per heavy atom. The van der Waals surface area contributed by atoms with Gasteiger partial charge in [-0.15, -0.1) is 11.8 Å². The van der Waals surface area contributed by atoms with E-state index in [0.717, 1.165) is 22.9 Å². The maximum absolute atomic E-state index is 12.1. The van der Waals surface area contributed by atoms with E-state index in [9.17, 15) is 14.4 Å². The number of Topliss-reactive ketones (excluding diaryl/α,β-unsaturated/α-hetero) is 1. The van der Waals surface area contributed by atoms with Crippen molar-refractivity contribution in [3.05, 3.63) is 46.7 Å². The SMILES string of the molecule is Cc1ccc(C)c(C(=O)COC(=O)CSCC(=O)Nc2cc(C)on2)c1. The first kappa shape index (κ1) is 19.7. The molecule has 1 heterocycles. The Hall–Kier alpha value is -2.61. The largest absolute Gasteiger partial charge is 0.457 e. The molecular weight excluding hydrogens is 356 g/mol. The van der Waals surface area contributed by atoms with Crippen molar-refractivity contribution in [1.82, 2.24) is 5.16 Å². The van der Waals surface area contributed by atoms with Crippen LogP contribution < -0.4 is 5.32 Å². The lowest BCUT2D eigenvalue weighted by Gasteiger charge is -2.07. The van der Waals surface area contributed by atoms with E-state index in [4.69, 9.17) is 9.26 Å². The van der Waals surface area contributed by atoms with Gasteiger partial charge in [0.25, 0.3) is 0 Å². The summed E-state index contributed by atoms with van der Waals surface area (Å²) < 4.78 is 9.83. The third kappa shape index (κ3) is 6.03. The summed E-state index contributed by atoms with van der Waals surface area (Å²) in [7, 11) is 0. The summed E-state index contributed by atoms with van der Waals surface area (Å²) >= 11 is 1.09. The molecule has 2 aromatic rings. The molecule has 0 saturated heterocycles. The number of rotatable bonds is 8. The van der Waals surface area contributed by atoms with Gasteiger partial charge in [-0.3, -0.25) is 14.4 Å². The van der Waals surface area contributed by atoms with Gasteiger partial charge in [0.1, 0.15) is 5.76 Å². The standard InChI is InChI=1S/C18H20N2O5S/c1-11-4-5-12(2)14(6-11)15(21)8-24-18(23)10-26-9-17(22)19-16-7-13(3)25-20-16/h4-7H,8-10H2,1-3H3,(H,19,20,22). The summed E-state index contributed by atoms with van der Waals surface area (Å²) in [6.07, 6.45) is 0. The Kier molecular flexibility index (Phi) is 6.97. The van der Waals surface area contributed by atoms with Crippen LogP contribution in [0.5, 0.6) is 0 Å². The highest BCUT2D eigenvalue weighted by molar-refractivity contribution is 8.00. The Morgan fingerprint density at radius 2 is 1.92 bits per heavy atom. The topological polar surface area (TPSA) is 98.5 Å². The molecule has 1 amide bonds. The highest BCUT2D eigenvalue weighted by atomic mass is 32.2. The van der Waals surface area contributed by atoms with Crippen molar-refractivity contribution in [3.8, 4) is 0 Å². The maximum atomic E-state index is 12.1.